The molecule has 0 unspecified atom stereocenters. The van der Waals surface area contributed by atoms with Crippen LogP contribution in [0.25, 0.3) is 11.4 Å². The molecule has 2 aromatic heterocycles. The molecule has 16 heavy (non-hydrogen) atoms. The van der Waals surface area contributed by atoms with Gasteiger partial charge in [-0.05, 0) is 12.1 Å². The second kappa shape index (κ2) is 4.14. The van der Waals surface area contributed by atoms with Gasteiger partial charge in [0, 0.05) is 25.0 Å². The fourth-order valence-electron chi connectivity index (χ4n) is 1.55. The van der Waals surface area contributed by atoms with Gasteiger partial charge >= 0.3 is 5.97 Å². The van der Waals surface area contributed by atoms with Crippen molar-refractivity contribution in [2.24, 2.45) is 7.05 Å². The van der Waals surface area contributed by atoms with Gasteiger partial charge in [-0.25, -0.2) is 0 Å². The zero-order chi connectivity index (χ0) is 11.5. The van der Waals surface area contributed by atoms with E-state index in [0.717, 1.165) is 0 Å². The number of carboxylic acids is 1. The van der Waals surface area contributed by atoms with Crippen molar-refractivity contribution in [3.05, 3.63) is 36.2 Å². The molecule has 0 radical (unpaired) electrons. The predicted octanol–water partition coefficient (Wildman–Crippen LogP) is 1.11. The highest BCUT2D eigenvalue weighted by Crippen LogP contribution is 2.19. The van der Waals surface area contributed by atoms with Gasteiger partial charge in [-0.3, -0.25) is 14.5 Å². The summed E-state index contributed by atoms with van der Waals surface area (Å²) >= 11 is 0. The Morgan fingerprint density at radius 1 is 1.50 bits per heavy atom. The summed E-state index contributed by atoms with van der Waals surface area (Å²) in [5, 5.41) is 13.0. The van der Waals surface area contributed by atoms with Gasteiger partial charge in [0.25, 0.3) is 0 Å². The molecule has 0 aliphatic rings. The fraction of sp³-hybridized carbons (Fsp3) is 0.182. The van der Waals surface area contributed by atoms with Gasteiger partial charge in [0.1, 0.15) is 5.69 Å². The van der Waals surface area contributed by atoms with Gasteiger partial charge in [0.15, 0.2) is 0 Å². The summed E-state index contributed by atoms with van der Waals surface area (Å²) in [6.45, 7) is 0. The lowest BCUT2D eigenvalue weighted by molar-refractivity contribution is -0.136. The van der Waals surface area contributed by atoms with Crippen molar-refractivity contribution in [3.8, 4) is 11.4 Å². The van der Waals surface area contributed by atoms with E-state index in [1.165, 1.54) is 0 Å². The zero-order valence-corrected chi connectivity index (χ0v) is 8.79. The Balaban J connectivity index is 2.44. The van der Waals surface area contributed by atoms with E-state index in [1.807, 2.05) is 18.2 Å². The first-order chi connectivity index (χ1) is 7.66. The highest BCUT2D eigenvalue weighted by atomic mass is 16.4. The summed E-state index contributed by atoms with van der Waals surface area (Å²) in [7, 11) is 1.76. The maximum Gasteiger partial charge on any atom is 0.307 e. The Morgan fingerprint density at radius 2 is 2.31 bits per heavy atom. The molecule has 5 heteroatoms. The van der Waals surface area contributed by atoms with Crippen molar-refractivity contribution in [1.29, 1.82) is 0 Å². The molecule has 0 spiro atoms. The second-order valence-electron chi connectivity index (χ2n) is 3.46. The largest absolute Gasteiger partial charge is 0.481 e. The SMILES string of the molecule is Cn1cc(CC(=O)O)c(-c2ccccn2)n1. The summed E-state index contributed by atoms with van der Waals surface area (Å²) in [6, 6.07) is 5.47. The third-order valence-electron chi connectivity index (χ3n) is 2.15. The predicted molar refractivity (Wildman–Crippen MR) is 57.8 cm³/mol. The molecule has 0 saturated carbocycles. The number of aliphatic carboxylic acids is 1. The molecule has 0 aliphatic carbocycles. The van der Waals surface area contributed by atoms with Gasteiger partial charge in [-0.2, -0.15) is 5.10 Å². The van der Waals surface area contributed by atoms with E-state index in [1.54, 1.807) is 24.1 Å². The zero-order valence-electron chi connectivity index (χ0n) is 8.79. The number of aromatic nitrogens is 3. The minimum absolute atomic E-state index is 0.0419. The van der Waals surface area contributed by atoms with Crippen molar-refractivity contribution in [3.63, 3.8) is 0 Å². The van der Waals surface area contributed by atoms with E-state index in [9.17, 15) is 4.79 Å². The van der Waals surface area contributed by atoms with E-state index in [4.69, 9.17) is 5.11 Å². The number of hydrogen-bond acceptors (Lipinski definition) is 3. The van der Waals surface area contributed by atoms with Crippen LogP contribution >= 0.6 is 0 Å². The van der Waals surface area contributed by atoms with E-state index < -0.39 is 5.97 Å². The highest BCUT2D eigenvalue weighted by Gasteiger charge is 2.13. The molecule has 2 heterocycles. The van der Waals surface area contributed by atoms with Gasteiger partial charge < -0.3 is 5.11 Å². The Kier molecular flexibility index (Phi) is 2.68. The highest BCUT2D eigenvalue weighted by molar-refractivity contribution is 5.73. The van der Waals surface area contributed by atoms with Gasteiger partial charge in [-0.15, -0.1) is 0 Å². The van der Waals surface area contributed by atoms with E-state index in [0.29, 0.717) is 17.0 Å². The van der Waals surface area contributed by atoms with E-state index in [2.05, 4.69) is 10.1 Å². The molecule has 0 amide bonds. The number of carbonyl (C=O) groups is 1. The maximum absolute atomic E-state index is 10.7. The van der Waals surface area contributed by atoms with Crippen molar-refractivity contribution in [2.75, 3.05) is 0 Å². The molecule has 0 bridgehead atoms. The molecule has 5 nitrogen and oxygen atoms in total. The van der Waals surface area contributed by atoms with Crippen LogP contribution in [0.5, 0.6) is 0 Å². The molecule has 0 aliphatic heterocycles. The molecule has 2 aromatic rings. The van der Waals surface area contributed by atoms with Crippen LogP contribution in [-0.2, 0) is 18.3 Å². The van der Waals surface area contributed by atoms with E-state index in [-0.39, 0.29) is 6.42 Å². The smallest absolute Gasteiger partial charge is 0.307 e. The summed E-state index contributed by atoms with van der Waals surface area (Å²) in [5.74, 6) is -0.870. The van der Waals surface area contributed by atoms with Crippen molar-refractivity contribution < 1.29 is 9.90 Å². The quantitative estimate of drug-likeness (QED) is 0.836. The molecular weight excluding hydrogens is 206 g/mol. The van der Waals surface area contributed by atoms with E-state index >= 15 is 0 Å². The van der Waals surface area contributed by atoms with Crippen LogP contribution in [0.4, 0.5) is 0 Å². The minimum Gasteiger partial charge on any atom is -0.481 e. The summed E-state index contributed by atoms with van der Waals surface area (Å²) in [5.41, 5.74) is 2.00. The lowest BCUT2D eigenvalue weighted by Gasteiger charge is -1.98. The fourth-order valence-corrected chi connectivity index (χ4v) is 1.55. The Morgan fingerprint density at radius 3 is 2.94 bits per heavy atom. The molecule has 0 saturated heterocycles. The van der Waals surface area contributed by atoms with Crippen LogP contribution in [0.2, 0.25) is 0 Å². The summed E-state index contributed by atoms with van der Waals surface area (Å²) in [4.78, 5) is 14.9. The van der Waals surface area contributed by atoms with Crippen molar-refractivity contribution in [2.45, 2.75) is 6.42 Å². The third kappa shape index (κ3) is 2.08. The number of nitrogens with zero attached hydrogens (tertiary/aromatic N) is 3. The number of carboxylic acid groups (broad SMARTS) is 1. The molecule has 82 valence electrons. The number of aryl methyl sites for hydroxylation is 1. The van der Waals surface area contributed by atoms with Crippen LogP contribution in [0.1, 0.15) is 5.56 Å². The maximum atomic E-state index is 10.7. The van der Waals surface area contributed by atoms with Crippen LogP contribution < -0.4 is 0 Å². The van der Waals surface area contributed by atoms with Crippen LogP contribution in [0.15, 0.2) is 30.6 Å². The lowest BCUT2D eigenvalue weighted by atomic mass is 10.1. The lowest BCUT2D eigenvalue weighted by Crippen LogP contribution is -2.00. The van der Waals surface area contributed by atoms with Gasteiger partial charge in [0.05, 0.1) is 12.1 Å². The standard InChI is InChI=1S/C11H11N3O2/c1-14-7-8(6-10(15)16)11(13-14)9-4-2-3-5-12-9/h2-5,7H,6H2,1H3,(H,15,16). The van der Waals surface area contributed by atoms with Crippen LogP contribution in [0, 0.1) is 0 Å². The molecular formula is C11H11N3O2. The molecule has 0 aromatic carbocycles. The minimum atomic E-state index is -0.870. The Labute approximate surface area is 92.4 Å². The number of hydrogen-bond donors (Lipinski definition) is 1. The van der Waals surface area contributed by atoms with Gasteiger partial charge in [0.2, 0.25) is 0 Å². The molecule has 0 atom stereocenters. The summed E-state index contributed by atoms with van der Waals surface area (Å²) < 4.78 is 1.60. The van der Waals surface area contributed by atoms with Crippen molar-refractivity contribution in [1.82, 2.24) is 14.8 Å². The second-order valence-corrected chi connectivity index (χ2v) is 3.46. The van der Waals surface area contributed by atoms with Crippen LogP contribution in [-0.4, -0.2) is 25.8 Å². The molecule has 1 N–H and O–H groups in total. The summed E-state index contributed by atoms with van der Waals surface area (Å²) in [6.07, 6.45) is 3.33. The topological polar surface area (TPSA) is 68.0 Å². The Hall–Kier alpha value is -2.17. The number of pyridine rings is 1. The number of rotatable bonds is 3. The monoisotopic (exact) mass is 217 g/mol. The average molecular weight is 217 g/mol. The first-order valence-electron chi connectivity index (χ1n) is 4.82. The van der Waals surface area contributed by atoms with Crippen LogP contribution in [0.3, 0.4) is 0 Å². The third-order valence-corrected chi connectivity index (χ3v) is 2.15. The molecule has 0 fully saturated rings. The first kappa shape index (κ1) is 10.4. The van der Waals surface area contributed by atoms with Gasteiger partial charge in [-0.1, -0.05) is 6.07 Å². The normalized spacial score (nSPS) is 10.3. The molecule has 2 rings (SSSR count). The Bertz CT molecular complexity index is 505. The average Bonchev–Trinajstić information content (AvgIpc) is 2.60. The van der Waals surface area contributed by atoms with Crippen molar-refractivity contribution >= 4 is 5.97 Å². The first-order valence-corrected chi connectivity index (χ1v) is 4.82.